The average Bonchev–Trinajstić information content (AvgIpc) is 3.13. The minimum Gasteiger partial charge on any atom is -0.334 e. The first-order chi connectivity index (χ1) is 10.5. The van der Waals surface area contributed by atoms with Gasteiger partial charge in [0.2, 0.25) is 11.8 Å². The molecule has 1 unspecified atom stereocenters. The number of carbonyl (C=O) groups excluding carboxylic acids is 2. The van der Waals surface area contributed by atoms with Gasteiger partial charge < -0.3 is 9.80 Å². The summed E-state index contributed by atoms with van der Waals surface area (Å²) in [5, 5.41) is 4.48. The number of carbonyl (C=O) groups is 2. The number of thioether (sulfide) groups is 1. The quantitative estimate of drug-likeness (QED) is 0.840. The van der Waals surface area contributed by atoms with Crippen LogP contribution < -0.4 is 0 Å². The highest BCUT2D eigenvalue weighted by Crippen LogP contribution is 2.35. The van der Waals surface area contributed by atoms with E-state index in [4.69, 9.17) is 0 Å². The zero-order chi connectivity index (χ0) is 15.9. The summed E-state index contributed by atoms with van der Waals surface area (Å²) < 4.78 is 1.88. The van der Waals surface area contributed by atoms with Crippen molar-refractivity contribution < 1.29 is 9.59 Å². The first-order valence-corrected chi connectivity index (χ1v) is 8.79. The molecule has 2 fully saturated rings. The highest BCUT2D eigenvalue weighted by atomic mass is 32.2. The van der Waals surface area contributed by atoms with E-state index in [1.807, 2.05) is 23.6 Å². The second-order valence-electron chi connectivity index (χ2n) is 6.02. The summed E-state index contributed by atoms with van der Waals surface area (Å²) in [6, 6.07) is 0.103. The molecule has 2 saturated heterocycles. The third-order valence-electron chi connectivity index (χ3n) is 4.62. The molecule has 120 valence electrons. The van der Waals surface area contributed by atoms with E-state index in [1.54, 1.807) is 16.7 Å². The van der Waals surface area contributed by atoms with Crippen molar-refractivity contribution in [2.75, 3.05) is 24.7 Å². The first kappa shape index (κ1) is 15.4. The Hall–Kier alpha value is -1.50. The van der Waals surface area contributed by atoms with Crippen LogP contribution in [0.5, 0.6) is 0 Å². The highest BCUT2D eigenvalue weighted by molar-refractivity contribution is 8.00. The van der Waals surface area contributed by atoms with Gasteiger partial charge in [0.15, 0.2) is 0 Å². The number of amides is 2. The SMILES string of the molecule is Cc1nn(C)c(C)c1C1CCCN1C(=O)CN1CSCC1=O. The molecule has 0 aliphatic carbocycles. The summed E-state index contributed by atoms with van der Waals surface area (Å²) in [4.78, 5) is 28.0. The van der Waals surface area contributed by atoms with Crippen molar-refractivity contribution in [3.05, 3.63) is 17.0 Å². The van der Waals surface area contributed by atoms with Gasteiger partial charge in [-0.1, -0.05) is 0 Å². The van der Waals surface area contributed by atoms with Crippen LogP contribution in [0.2, 0.25) is 0 Å². The summed E-state index contributed by atoms with van der Waals surface area (Å²) in [5.41, 5.74) is 3.29. The first-order valence-electron chi connectivity index (χ1n) is 7.64. The van der Waals surface area contributed by atoms with Crippen molar-refractivity contribution in [1.82, 2.24) is 19.6 Å². The molecule has 0 spiro atoms. The predicted octanol–water partition coefficient (Wildman–Crippen LogP) is 1.23. The number of nitrogens with zero attached hydrogens (tertiary/aromatic N) is 4. The molecule has 0 N–H and O–H groups in total. The van der Waals surface area contributed by atoms with Crippen LogP contribution in [0.15, 0.2) is 0 Å². The standard InChI is InChI=1S/C15H22N4O2S/c1-10-15(11(2)17(3)16-10)12-5-4-6-19(12)13(20)7-18-9-22-8-14(18)21/h12H,4-9H2,1-3H3. The molecule has 3 heterocycles. The van der Waals surface area contributed by atoms with Gasteiger partial charge >= 0.3 is 0 Å². The fourth-order valence-electron chi connectivity index (χ4n) is 3.43. The minimum absolute atomic E-state index is 0.0565. The van der Waals surface area contributed by atoms with Gasteiger partial charge in [-0.05, 0) is 26.7 Å². The maximum atomic E-state index is 12.7. The Morgan fingerprint density at radius 1 is 1.41 bits per heavy atom. The molecule has 6 nitrogen and oxygen atoms in total. The normalized spacial score (nSPS) is 22.0. The van der Waals surface area contributed by atoms with Crippen molar-refractivity contribution in [3.63, 3.8) is 0 Å². The fraction of sp³-hybridized carbons (Fsp3) is 0.667. The highest BCUT2D eigenvalue weighted by Gasteiger charge is 2.35. The Morgan fingerprint density at radius 3 is 2.77 bits per heavy atom. The zero-order valence-corrected chi connectivity index (χ0v) is 14.2. The number of aromatic nitrogens is 2. The second kappa shape index (κ2) is 5.95. The molecular weight excluding hydrogens is 300 g/mol. The molecule has 2 aliphatic rings. The number of likely N-dealkylation sites (tertiary alicyclic amines) is 1. The molecule has 0 bridgehead atoms. The predicted molar refractivity (Wildman–Crippen MR) is 85.4 cm³/mol. The minimum atomic E-state index is 0.0565. The molecule has 2 aliphatic heterocycles. The maximum absolute atomic E-state index is 12.7. The van der Waals surface area contributed by atoms with Gasteiger partial charge in [0.05, 0.1) is 23.4 Å². The van der Waals surface area contributed by atoms with Crippen LogP contribution in [0.4, 0.5) is 0 Å². The Balaban J connectivity index is 1.78. The van der Waals surface area contributed by atoms with Crippen molar-refractivity contribution in [2.24, 2.45) is 7.05 Å². The van der Waals surface area contributed by atoms with Crippen molar-refractivity contribution >= 4 is 23.6 Å². The topological polar surface area (TPSA) is 58.4 Å². The summed E-state index contributed by atoms with van der Waals surface area (Å²) in [7, 11) is 1.94. The number of rotatable bonds is 3. The lowest BCUT2D eigenvalue weighted by atomic mass is 10.0. The summed E-state index contributed by atoms with van der Waals surface area (Å²) in [6.07, 6.45) is 1.98. The van der Waals surface area contributed by atoms with E-state index >= 15 is 0 Å². The second-order valence-corrected chi connectivity index (χ2v) is 6.98. The van der Waals surface area contributed by atoms with Gasteiger partial charge in [0.25, 0.3) is 0 Å². The van der Waals surface area contributed by atoms with Crippen molar-refractivity contribution in [1.29, 1.82) is 0 Å². The van der Waals surface area contributed by atoms with Gasteiger partial charge in [-0.15, -0.1) is 11.8 Å². The third kappa shape index (κ3) is 2.62. The van der Waals surface area contributed by atoms with Crippen LogP contribution in [0, 0.1) is 13.8 Å². The van der Waals surface area contributed by atoms with Gasteiger partial charge in [0.1, 0.15) is 6.54 Å². The maximum Gasteiger partial charge on any atom is 0.242 e. The molecule has 0 saturated carbocycles. The lowest BCUT2D eigenvalue weighted by Crippen LogP contribution is -2.40. The molecule has 22 heavy (non-hydrogen) atoms. The molecule has 0 aromatic carbocycles. The van der Waals surface area contributed by atoms with E-state index in [0.717, 1.165) is 30.8 Å². The zero-order valence-electron chi connectivity index (χ0n) is 13.3. The van der Waals surface area contributed by atoms with Crippen LogP contribution in [0.3, 0.4) is 0 Å². The molecular formula is C15H22N4O2S. The van der Waals surface area contributed by atoms with E-state index in [2.05, 4.69) is 12.0 Å². The van der Waals surface area contributed by atoms with E-state index < -0.39 is 0 Å². The third-order valence-corrected chi connectivity index (χ3v) is 5.57. The van der Waals surface area contributed by atoms with Crippen molar-refractivity contribution in [3.8, 4) is 0 Å². The Labute approximate surface area is 134 Å². The molecule has 1 aromatic heterocycles. The Kier molecular flexibility index (Phi) is 4.16. The Morgan fingerprint density at radius 2 is 2.18 bits per heavy atom. The largest absolute Gasteiger partial charge is 0.334 e. The fourth-order valence-corrected chi connectivity index (χ4v) is 4.34. The van der Waals surface area contributed by atoms with Crippen LogP contribution >= 0.6 is 11.8 Å². The van der Waals surface area contributed by atoms with E-state index in [9.17, 15) is 9.59 Å². The smallest absolute Gasteiger partial charge is 0.242 e. The van der Waals surface area contributed by atoms with Gasteiger partial charge in [-0.25, -0.2) is 0 Å². The molecule has 7 heteroatoms. The van der Waals surface area contributed by atoms with E-state index in [-0.39, 0.29) is 24.4 Å². The number of hydrogen-bond acceptors (Lipinski definition) is 4. The van der Waals surface area contributed by atoms with Crippen LogP contribution in [0.25, 0.3) is 0 Å². The van der Waals surface area contributed by atoms with Crippen molar-refractivity contribution in [2.45, 2.75) is 32.7 Å². The molecule has 1 aromatic rings. The molecule has 1 atom stereocenters. The Bertz CT molecular complexity index is 613. The lowest BCUT2D eigenvalue weighted by molar-refractivity contribution is -0.138. The van der Waals surface area contributed by atoms with Crippen LogP contribution in [0.1, 0.15) is 35.8 Å². The van der Waals surface area contributed by atoms with Gasteiger partial charge in [-0.2, -0.15) is 5.10 Å². The van der Waals surface area contributed by atoms with Gasteiger partial charge in [-0.3, -0.25) is 14.3 Å². The van der Waals surface area contributed by atoms with E-state index in [1.165, 1.54) is 5.56 Å². The molecule has 0 radical (unpaired) electrons. The monoisotopic (exact) mass is 322 g/mol. The summed E-state index contributed by atoms with van der Waals surface area (Å²) >= 11 is 1.57. The van der Waals surface area contributed by atoms with Crippen LogP contribution in [-0.4, -0.2) is 56.1 Å². The molecule has 3 rings (SSSR count). The number of aryl methyl sites for hydroxylation is 2. The van der Waals surface area contributed by atoms with E-state index in [0.29, 0.717) is 11.6 Å². The average molecular weight is 322 g/mol. The van der Waals surface area contributed by atoms with Crippen LogP contribution in [-0.2, 0) is 16.6 Å². The molecule has 2 amide bonds. The summed E-state index contributed by atoms with van der Waals surface area (Å²) in [6.45, 7) is 5.04. The van der Waals surface area contributed by atoms with Gasteiger partial charge in [0, 0.05) is 24.8 Å². The lowest BCUT2D eigenvalue weighted by Gasteiger charge is -2.27. The summed E-state index contributed by atoms with van der Waals surface area (Å²) in [5.74, 6) is 1.26. The number of hydrogen-bond donors (Lipinski definition) is 0.